The third-order valence-electron chi connectivity index (χ3n) is 2.76. The van der Waals surface area contributed by atoms with E-state index < -0.39 is 6.04 Å². The molecule has 1 heterocycles. The highest BCUT2D eigenvalue weighted by Crippen LogP contribution is 2.28. The second-order valence-electron chi connectivity index (χ2n) is 4.27. The van der Waals surface area contributed by atoms with Gasteiger partial charge in [-0.2, -0.15) is 11.8 Å². The smallest absolute Gasteiger partial charge is 0.243 e. The van der Waals surface area contributed by atoms with Gasteiger partial charge in [0, 0.05) is 6.20 Å². The fourth-order valence-corrected chi connectivity index (χ4v) is 2.96. The molecule has 21 heavy (non-hydrogen) atoms. The molecule has 0 saturated carbocycles. The van der Waals surface area contributed by atoms with Gasteiger partial charge in [0.2, 0.25) is 5.91 Å². The van der Waals surface area contributed by atoms with Crippen LogP contribution in [-0.4, -0.2) is 28.9 Å². The Hall–Kier alpha value is -1.08. The number of halogens is 1. The van der Waals surface area contributed by atoms with Crippen LogP contribution in [0.5, 0.6) is 0 Å². The van der Waals surface area contributed by atoms with Crippen molar-refractivity contribution in [2.75, 3.05) is 17.3 Å². The Morgan fingerprint density at radius 1 is 1.43 bits per heavy atom. The molecule has 114 valence electrons. The number of carbonyl (C=O) groups excluding carboxylic acids is 1. The number of nitrogens with two attached hydrogens (primary N) is 1. The van der Waals surface area contributed by atoms with Gasteiger partial charge >= 0.3 is 0 Å². The number of nitrogens with zero attached hydrogens (tertiary/aromatic N) is 1. The van der Waals surface area contributed by atoms with E-state index in [0.29, 0.717) is 11.6 Å². The summed E-state index contributed by atoms with van der Waals surface area (Å²) in [6, 6.07) is 9.48. The SMILES string of the molecule is CSCC[C@H](N)C(=O)Nc1ncc(-c2ccccc2)s1.Cl. The van der Waals surface area contributed by atoms with E-state index >= 15 is 0 Å². The predicted octanol–water partition coefficient (Wildman–Crippen LogP) is 3.25. The van der Waals surface area contributed by atoms with Crippen LogP contribution >= 0.6 is 35.5 Å². The van der Waals surface area contributed by atoms with Gasteiger partial charge in [-0.3, -0.25) is 4.79 Å². The molecule has 0 aliphatic carbocycles. The fraction of sp³-hybridized carbons (Fsp3) is 0.286. The van der Waals surface area contributed by atoms with Crippen molar-refractivity contribution < 1.29 is 4.79 Å². The fourth-order valence-electron chi connectivity index (χ4n) is 1.64. The van der Waals surface area contributed by atoms with E-state index in [0.717, 1.165) is 16.2 Å². The third kappa shape index (κ3) is 5.32. The van der Waals surface area contributed by atoms with Gasteiger partial charge in [0.25, 0.3) is 0 Å². The molecule has 3 N–H and O–H groups in total. The zero-order chi connectivity index (χ0) is 14.4. The Morgan fingerprint density at radius 2 is 2.14 bits per heavy atom. The summed E-state index contributed by atoms with van der Waals surface area (Å²) in [5.74, 6) is 0.704. The van der Waals surface area contributed by atoms with Crippen LogP contribution in [0.25, 0.3) is 10.4 Å². The number of benzene rings is 1. The standard InChI is InChI=1S/C14H17N3OS2.ClH/c1-19-8-7-11(15)13(18)17-14-16-9-12(20-14)10-5-3-2-4-6-10;/h2-6,9,11H,7-8,15H2,1H3,(H,16,17,18);1H/t11-;/m0./s1. The first-order chi connectivity index (χ1) is 9.70. The Balaban J connectivity index is 0.00000220. The molecule has 0 aliphatic rings. The van der Waals surface area contributed by atoms with E-state index in [9.17, 15) is 4.79 Å². The molecule has 1 aromatic carbocycles. The summed E-state index contributed by atoms with van der Waals surface area (Å²) < 4.78 is 0. The monoisotopic (exact) mass is 343 g/mol. The topological polar surface area (TPSA) is 68.0 Å². The molecule has 4 nitrogen and oxygen atoms in total. The number of carbonyl (C=O) groups is 1. The molecule has 0 fully saturated rings. The van der Waals surface area contributed by atoms with Crippen molar-refractivity contribution in [3.05, 3.63) is 36.5 Å². The van der Waals surface area contributed by atoms with Crippen LogP contribution in [0.4, 0.5) is 5.13 Å². The molecule has 7 heteroatoms. The lowest BCUT2D eigenvalue weighted by Gasteiger charge is -2.09. The minimum Gasteiger partial charge on any atom is -0.320 e. The summed E-state index contributed by atoms with van der Waals surface area (Å²) in [4.78, 5) is 17.1. The van der Waals surface area contributed by atoms with Crippen molar-refractivity contribution >= 4 is 46.5 Å². The van der Waals surface area contributed by atoms with Gasteiger partial charge in [0.05, 0.1) is 10.9 Å². The number of nitrogens with one attached hydrogen (secondary N) is 1. The van der Waals surface area contributed by atoms with E-state index in [-0.39, 0.29) is 18.3 Å². The molecule has 1 amide bonds. The van der Waals surface area contributed by atoms with E-state index in [1.54, 1.807) is 18.0 Å². The van der Waals surface area contributed by atoms with Crippen LogP contribution < -0.4 is 11.1 Å². The Kier molecular flexibility index (Phi) is 7.74. The highest BCUT2D eigenvalue weighted by Gasteiger charge is 2.14. The molecule has 0 aliphatic heterocycles. The lowest BCUT2D eigenvalue weighted by molar-refractivity contribution is -0.117. The Morgan fingerprint density at radius 3 is 2.81 bits per heavy atom. The minimum absolute atomic E-state index is 0. The molecule has 1 aromatic heterocycles. The van der Waals surface area contributed by atoms with Crippen molar-refractivity contribution in [2.45, 2.75) is 12.5 Å². The van der Waals surface area contributed by atoms with Crippen molar-refractivity contribution in [3.8, 4) is 10.4 Å². The number of hydrogen-bond acceptors (Lipinski definition) is 5. The molecule has 0 bridgehead atoms. The van der Waals surface area contributed by atoms with Crippen molar-refractivity contribution in [2.24, 2.45) is 5.73 Å². The van der Waals surface area contributed by atoms with Crippen molar-refractivity contribution in [3.63, 3.8) is 0 Å². The van der Waals surface area contributed by atoms with Gasteiger partial charge in [-0.15, -0.1) is 12.4 Å². The first-order valence-electron chi connectivity index (χ1n) is 6.27. The summed E-state index contributed by atoms with van der Waals surface area (Å²) in [5, 5.41) is 3.37. The summed E-state index contributed by atoms with van der Waals surface area (Å²) in [7, 11) is 0. The summed E-state index contributed by atoms with van der Waals surface area (Å²) in [6.07, 6.45) is 4.44. The predicted molar refractivity (Wildman–Crippen MR) is 94.4 cm³/mol. The van der Waals surface area contributed by atoms with Gasteiger partial charge in [-0.05, 0) is 24.0 Å². The molecule has 0 unspecified atom stereocenters. The second-order valence-corrected chi connectivity index (χ2v) is 6.29. The van der Waals surface area contributed by atoms with Gasteiger partial charge in [-0.1, -0.05) is 41.7 Å². The normalized spacial score (nSPS) is 11.5. The zero-order valence-electron chi connectivity index (χ0n) is 11.6. The summed E-state index contributed by atoms with van der Waals surface area (Å²) in [5.41, 5.74) is 6.92. The maximum Gasteiger partial charge on any atom is 0.243 e. The average molecular weight is 344 g/mol. The van der Waals surface area contributed by atoms with Crippen LogP contribution in [0.2, 0.25) is 0 Å². The number of aromatic nitrogens is 1. The first-order valence-corrected chi connectivity index (χ1v) is 8.48. The average Bonchev–Trinajstić information content (AvgIpc) is 2.94. The van der Waals surface area contributed by atoms with E-state index in [2.05, 4.69) is 10.3 Å². The number of hydrogen-bond donors (Lipinski definition) is 2. The molecule has 0 spiro atoms. The van der Waals surface area contributed by atoms with Gasteiger partial charge in [-0.25, -0.2) is 4.98 Å². The zero-order valence-corrected chi connectivity index (χ0v) is 14.1. The maximum absolute atomic E-state index is 11.9. The molecule has 0 saturated heterocycles. The molecule has 1 atom stereocenters. The van der Waals surface area contributed by atoms with E-state index in [1.165, 1.54) is 11.3 Å². The largest absolute Gasteiger partial charge is 0.320 e. The van der Waals surface area contributed by atoms with Crippen LogP contribution in [0.3, 0.4) is 0 Å². The number of thioether (sulfide) groups is 1. The van der Waals surface area contributed by atoms with Crippen molar-refractivity contribution in [1.82, 2.24) is 4.98 Å². The Labute approximate surface area is 139 Å². The molecular weight excluding hydrogens is 326 g/mol. The van der Waals surface area contributed by atoms with Crippen LogP contribution in [0.15, 0.2) is 36.5 Å². The third-order valence-corrected chi connectivity index (χ3v) is 4.37. The molecule has 2 aromatic rings. The summed E-state index contributed by atoms with van der Waals surface area (Å²) in [6.45, 7) is 0. The molecule has 2 rings (SSSR count). The molecular formula is C14H18ClN3OS2. The maximum atomic E-state index is 11.9. The van der Waals surface area contributed by atoms with Crippen molar-refractivity contribution in [1.29, 1.82) is 0 Å². The minimum atomic E-state index is -0.480. The summed E-state index contributed by atoms with van der Waals surface area (Å²) >= 11 is 3.13. The lowest BCUT2D eigenvalue weighted by atomic mass is 10.2. The first kappa shape index (κ1) is 18.0. The van der Waals surface area contributed by atoms with E-state index in [4.69, 9.17) is 5.73 Å². The second kappa shape index (κ2) is 9.04. The number of anilines is 1. The highest BCUT2D eigenvalue weighted by atomic mass is 35.5. The Bertz CT molecular complexity index is 562. The molecule has 0 radical (unpaired) electrons. The number of thiazole rings is 1. The number of amides is 1. The van der Waals surface area contributed by atoms with E-state index in [1.807, 2.05) is 36.6 Å². The lowest BCUT2D eigenvalue weighted by Crippen LogP contribution is -2.36. The highest BCUT2D eigenvalue weighted by molar-refractivity contribution is 7.98. The van der Waals surface area contributed by atoms with Gasteiger partial charge < -0.3 is 11.1 Å². The van der Waals surface area contributed by atoms with Crippen LogP contribution in [0.1, 0.15) is 6.42 Å². The van der Waals surface area contributed by atoms with Gasteiger partial charge in [0.15, 0.2) is 5.13 Å². The van der Waals surface area contributed by atoms with Crippen LogP contribution in [0, 0.1) is 0 Å². The number of rotatable bonds is 6. The van der Waals surface area contributed by atoms with Gasteiger partial charge in [0.1, 0.15) is 0 Å². The van der Waals surface area contributed by atoms with Crippen LogP contribution in [-0.2, 0) is 4.79 Å². The quantitative estimate of drug-likeness (QED) is 0.844.